The lowest BCUT2D eigenvalue weighted by Crippen LogP contribution is -2.34. The van der Waals surface area contributed by atoms with Gasteiger partial charge in [-0.15, -0.1) is 0 Å². The van der Waals surface area contributed by atoms with Crippen molar-refractivity contribution >= 4 is 23.2 Å². The largest absolute Gasteiger partial charge is 0.451 e. The van der Waals surface area contributed by atoms with Gasteiger partial charge in [0.05, 0.1) is 10.7 Å². The summed E-state index contributed by atoms with van der Waals surface area (Å²) in [7, 11) is 0. The maximum Gasteiger partial charge on any atom is 0.218 e. The summed E-state index contributed by atoms with van der Waals surface area (Å²) in [6.45, 7) is 3.67. The van der Waals surface area contributed by atoms with Gasteiger partial charge in [0.1, 0.15) is 5.82 Å². The molecule has 0 spiro atoms. The molecule has 0 aliphatic heterocycles. The molecule has 0 radical (unpaired) electrons. The van der Waals surface area contributed by atoms with E-state index in [1.165, 1.54) is 12.1 Å². The van der Waals surface area contributed by atoms with Gasteiger partial charge in [-0.3, -0.25) is 4.79 Å². The summed E-state index contributed by atoms with van der Waals surface area (Å²) < 4.78 is 33.8. The molecule has 8 heteroatoms. The minimum atomic E-state index is -0.656. The summed E-state index contributed by atoms with van der Waals surface area (Å²) in [5.41, 5.74) is 11.3. The van der Waals surface area contributed by atoms with E-state index < -0.39 is 17.5 Å². The summed E-state index contributed by atoms with van der Waals surface area (Å²) in [6, 6.07) is 5.98. The highest BCUT2D eigenvalue weighted by Gasteiger charge is 2.22. The average molecular weight is 398 g/mol. The second kappa shape index (κ2) is 9.01. The van der Waals surface area contributed by atoms with Gasteiger partial charge in [-0.25, -0.2) is 8.78 Å². The highest BCUT2D eigenvalue weighted by atomic mass is 35.5. The van der Waals surface area contributed by atoms with Crippen LogP contribution in [0.2, 0.25) is 5.02 Å². The Kier molecular flexibility index (Phi) is 6.98. The summed E-state index contributed by atoms with van der Waals surface area (Å²) in [4.78, 5) is 11.1. The van der Waals surface area contributed by atoms with Gasteiger partial charge in [-0.1, -0.05) is 24.6 Å². The number of primary amides is 1. The molecule has 0 aliphatic rings. The van der Waals surface area contributed by atoms with Crippen LogP contribution in [0.1, 0.15) is 38.3 Å². The maximum absolute atomic E-state index is 15.1. The van der Waals surface area contributed by atoms with Crippen LogP contribution in [0.3, 0.4) is 0 Å². The molecular formula is C19H22ClF2N3O2. The molecule has 27 heavy (non-hydrogen) atoms. The summed E-state index contributed by atoms with van der Waals surface area (Å²) in [5.74, 6) is -1.74. The molecule has 5 N–H and O–H groups in total. The molecule has 0 unspecified atom stereocenters. The molecule has 146 valence electrons. The highest BCUT2D eigenvalue weighted by molar-refractivity contribution is 6.32. The number of hydrogen-bond donors (Lipinski definition) is 3. The van der Waals surface area contributed by atoms with Gasteiger partial charge in [-0.05, 0) is 31.5 Å². The Balaban J connectivity index is 2.33. The number of carbonyl (C=O) groups is 1. The lowest BCUT2D eigenvalue weighted by molar-refractivity contribution is -0.118. The molecule has 0 saturated carbocycles. The van der Waals surface area contributed by atoms with E-state index in [1.54, 1.807) is 13.0 Å². The van der Waals surface area contributed by atoms with Crippen LogP contribution in [-0.4, -0.2) is 11.9 Å². The predicted molar refractivity (Wildman–Crippen MR) is 102 cm³/mol. The Bertz CT molecular complexity index is 833. The first-order chi connectivity index (χ1) is 12.7. The van der Waals surface area contributed by atoms with Crippen LogP contribution in [0.4, 0.5) is 14.5 Å². The third-order valence-electron chi connectivity index (χ3n) is 4.04. The standard InChI is InChI=1S/C19H22ClF2N3O2/c1-3-15(25-10(2)8-17(24)26)12-5-6-13(20)19(18(12)22)27-16-7-4-11(21)9-14(16)23/h4-7,9-10,15,25H,3,8,23H2,1-2H3,(H2,24,26)/t10-,15+/m0/s1. The lowest BCUT2D eigenvalue weighted by Gasteiger charge is -2.23. The lowest BCUT2D eigenvalue weighted by atomic mass is 10.0. The number of amides is 1. The normalized spacial score (nSPS) is 13.2. The molecule has 1 amide bonds. The van der Waals surface area contributed by atoms with Crippen molar-refractivity contribution in [1.82, 2.24) is 5.32 Å². The molecule has 0 fully saturated rings. The zero-order valence-electron chi connectivity index (χ0n) is 15.1. The first-order valence-electron chi connectivity index (χ1n) is 8.48. The second-order valence-corrected chi connectivity index (χ2v) is 6.67. The van der Waals surface area contributed by atoms with Gasteiger partial charge in [-0.2, -0.15) is 0 Å². The molecule has 0 aromatic heterocycles. The fraction of sp³-hybridized carbons (Fsp3) is 0.316. The number of nitrogens with one attached hydrogen (secondary N) is 1. The number of carbonyl (C=O) groups excluding carboxylic acids is 1. The van der Waals surface area contributed by atoms with Crippen molar-refractivity contribution in [2.45, 2.75) is 38.8 Å². The first-order valence-corrected chi connectivity index (χ1v) is 8.85. The molecular weight excluding hydrogens is 376 g/mol. The second-order valence-electron chi connectivity index (χ2n) is 6.26. The molecule has 2 aromatic carbocycles. The SMILES string of the molecule is CC[C@@H](N[C@@H](C)CC(N)=O)c1ccc(Cl)c(Oc2ccc(F)cc2N)c1F. The monoisotopic (exact) mass is 397 g/mol. The van der Waals surface area contributed by atoms with Crippen molar-refractivity contribution in [2.75, 3.05) is 5.73 Å². The van der Waals surface area contributed by atoms with E-state index in [4.69, 9.17) is 27.8 Å². The van der Waals surface area contributed by atoms with E-state index in [2.05, 4.69) is 5.32 Å². The van der Waals surface area contributed by atoms with Gasteiger partial charge >= 0.3 is 0 Å². The third-order valence-corrected chi connectivity index (χ3v) is 4.34. The number of ether oxygens (including phenoxy) is 1. The molecule has 5 nitrogen and oxygen atoms in total. The van der Waals surface area contributed by atoms with Crippen LogP contribution in [0.15, 0.2) is 30.3 Å². The number of nitrogen functional groups attached to an aromatic ring is 1. The van der Waals surface area contributed by atoms with Crippen molar-refractivity contribution in [3.8, 4) is 11.5 Å². The van der Waals surface area contributed by atoms with Crippen molar-refractivity contribution < 1.29 is 18.3 Å². The van der Waals surface area contributed by atoms with Crippen LogP contribution in [0, 0.1) is 11.6 Å². The Morgan fingerprint density at radius 3 is 2.59 bits per heavy atom. The van der Waals surface area contributed by atoms with E-state index in [0.717, 1.165) is 12.1 Å². The summed E-state index contributed by atoms with van der Waals surface area (Å²) >= 11 is 6.10. The average Bonchev–Trinajstić information content (AvgIpc) is 2.58. The van der Waals surface area contributed by atoms with Gasteiger partial charge in [0.2, 0.25) is 5.91 Å². The van der Waals surface area contributed by atoms with Gasteiger partial charge in [0, 0.05) is 30.1 Å². The fourth-order valence-corrected chi connectivity index (χ4v) is 2.95. The predicted octanol–water partition coefficient (Wildman–Crippen LogP) is 4.30. The van der Waals surface area contributed by atoms with Crippen molar-refractivity contribution in [2.24, 2.45) is 5.73 Å². The van der Waals surface area contributed by atoms with Gasteiger partial charge in [0.25, 0.3) is 0 Å². The fourth-order valence-electron chi connectivity index (χ4n) is 2.76. The van der Waals surface area contributed by atoms with E-state index in [0.29, 0.717) is 12.0 Å². The number of halogens is 3. The van der Waals surface area contributed by atoms with E-state index >= 15 is 4.39 Å². The minimum absolute atomic E-state index is 0.0242. The van der Waals surface area contributed by atoms with Crippen molar-refractivity contribution in [3.63, 3.8) is 0 Å². The van der Waals surface area contributed by atoms with Crippen LogP contribution in [0.25, 0.3) is 0 Å². The number of hydrogen-bond acceptors (Lipinski definition) is 4. The summed E-state index contributed by atoms with van der Waals surface area (Å²) in [5, 5.41) is 3.23. The molecule has 2 rings (SSSR count). The molecule has 0 heterocycles. The number of anilines is 1. The molecule has 0 bridgehead atoms. The third kappa shape index (κ3) is 5.30. The maximum atomic E-state index is 15.1. The highest BCUT2D eigenvalue weighted by Crippen LogP contribution is 2.38. The Morgan fingerprint density at radius 2 is 2.00 bits per heavy atom. The zero-order chi connectivity index (χ0) is 20.1. The van der Waals surface area contributed by atoms with Crippen LogP contribution in [-0.2, 0) is 4.79 Å². The Labute approximate surface area is 161 Å². The quantitative estimate of drug-likeness (QED) is 0.579. The minimum Gasteiger partial charge on any atom is -0.451 e. The summed E-state index contributed by atoms with van der Waals surface area (Å²) in [6.07, 6.45) is 0.682. The number of benzene rings is 2. The molecule has 0 saturated heterocycles. The molecule has 2 aromatic rings. The van der Waals surface area contributed by atoms with Crippen LogP contribution < -0.4 is 21.5 Å². The van der Waals surface area contributed by atoms with Crippen molar-refractivity contribution in [1.29, 1.82) is 0 Å². The number of rotatable bonds is 8. The Hall–Kier alpha value is -2.38. The zero-order valence-corrected chi connectivity index (χ0v) is 15.8. The smallest absolute Gasteiger partial charge is 0.218 e. The molecule has 0 aliphatic carbocycles. The van der Waals surface area contributed by atoms with E-state index in [-0.39, 0.29) is 40.7 Å². The van der Waals surface area contributed by atoms with Crippen LogP contribution in [0.5, 0.6) is 11.5 Å². The van der Waals surface area contributed by atoms with Crippen LogP contribution >= 0.6 is 11.6 Å². The van der Waals surface area contributed by atoms with Crippen molar-refractivity contribution in [3.05, 3.63) is 52.6 Å². The van der Waals surface area contributed by atoms with Gasteiger partial charge < -0.3 is 21.5 Å². The van der Waals surface area contributed by atoms with E-state index in [9.17, 15) is 9.18 Å². The van der Waals surface area contributed by atoms with E-state index in [1.807, 2.05) is 6.92 Å². The van der Waals surface area contributed by atoms with Gasteiger partial charge in [0.15, 0.2) is 17.3 Å². The number of nitrogens with two attached hydrogens (primary N) is 2. The Morgan fingerprint density at radius 1 is 1.30 bits per heavy atom. The first kappa shape index (κ1) is 20.9. The topological polar surface area (TPSA) is 90.4 Å². The molecule has 2 atom stereocenters.